The molecule has 18 heavy (non-hydrogen) atoms. The molecule has 0 spiro atoms. The van der Waals surface area contributed by atoms with E-state index in [-0.39, 0.29) is 5.82 Å². The van der Waals surface area contributed by atoms with Gasteiger partial charge in [-0.05, 0) is 48.7 Å². The summed E-state index contributed by atoms with van der Waals surface area (Å²) in [5.41, 5.74) is 2.36. The van der Waals surface area contributed by atoms with Crippen LogP contribution in [0.1, 0.15) is 18.1 Å². The van der Waals surface area contributed by atoms with Crippen LogP contribution in [0.15, 0.2) is 48.8 Å². The number of pyridine rings is 1. The van der Waals surface area contributed by atoms with E-state index >= 15 is 0 Å². The summed E-state index contributed by atoms with van der Waals surface area (Å²) in [4.78, 5) is 3.99. The molecule has 0 aliphatic heterocycles. The molecular weight excluding hydrogens is 227 g/mol. The van der Waals surface area contributed by atoms with Gasteiger partial charge in [-0.3, -0.25) is 4.98 Å². The van der Waals surface area contributed by atoms with Crippen molar-refractivity contribution in [2.45, 2.75) is 25.9 Å². The molecule has 2 aromatic rings. The number of benzene rings is 1. The van der Waals surface area contributed by atoms with Crippen molar-refractivity contribution in [1.82, 2.24) is 10.3 Å². The van der Waals surface area contributed by atoms with Gasteiger partial charge in [0.15, 0.2) is 0 Å². The molecule has 0 aliphatic carbocycles. The predicted molar refractivity (Wildman–Crippen MR) is 70.6 cm³/mol. The summed E-state index contributed by atoms with van der Waals surface area (Å²) in [5, 5.41) is 3.44. The molecule has 0 amide bonds. The van der Waals surface area contributed by atoms with Crippen LogP contribution < -0.4 is 5.32 Å². The van der Waals surface area contributed by atoms with Crippen molar-refractivity contribution in [3.63, 3.8) is 0 Å². The Morgan fingerprint density at radius 3 is 2.39 bits per heavy atom. The van der Waals surface area contributed by atoms with Gasteiger partial charge in [-0.25, -0.2) is 4.39 Å². The highest BCUT2D eigenvalue weighted by Crippen LogP contribution is 2.06. The molecule has 3 heteroatoms. The second-order valence-corrected chi connectivity index (χ2v) is 4.47. The highest BCUT2D eigenvalue weighted by Gasteiger charge is 2.03. The molecule has 0 bridgehead atoms. The van der Waals surface area contributed by atoms with Crippen LogP contribution in [0.4, 0.5) is 4.39 Å². The van der Waals surface area contributed by atoms with Gasteiger partial charge in [0, 0.05) is 25.0 Å². The van der Waals surface area contributed by atoms with Crippen LogP contribution in [0.5, 0.6) is 0 Å². The van der Waals surface area contributed by atoms with Gasteiger partial charge in [-0.2, -0.15) is 0 Å². The Hall–Kier alpha value is -1.74. The minimum absolute atomic E-state index is 0.184. The number of hydrogen-bond acceptors (Lipinski definition) is 2. The quantitative estimate of drug-likeness (QED) is 0.874. The van der Waals surface area contributed by atoms with E-state index in [1.165, 1.54) is 17.7 Å². The van der Waals surface area contributed by atoms with E-state index in [4.69, 9.17) is 0 Å². The maximum absolute atomic E-state index is 12.8. The van der Waals surface area contributed by atoms with Gasteiger partial charge in [0.05, 0.1) is 0 Å². The van der Waals surface area contributed by atoms with Crippen LogP contribution in [0.2, 0.25) is 0 Å². The lowest BCUT2D eigenvalue weighted by Gasteiger charge is -2.13. The number of rotatable bonds is 5. The van der Waals surface area contributed by atoms with Gasteiger partial charge in [0.25, 0.3) is 0 Å². The monoisotopic (exact) mass is 244 g/mol. The minimum Gasteiger partial charge on any atom is -0.310 e. The first-order chi connectivity index (χ1) is 8.74. The summed E-state index contributed by atoms with van der Waals surface area (Å²) < 4.78 is 12.8. The fourth-order valence-electron chi connectivity index (χ4n) is 1.84. The molecule has 2 rings (SSSR count). The number of aromatic nitrogens is 1. The van der Waals surface area contributed by atoms with Crippen LogP contribution >= 0.6 is 0 Å². The summed E-state index contributed by atoms with van der Waals surface area (Å²) in [6.07, 6.45) is 4.48. The van der Waals surface area contributed by atoms with Crippen LogP contribution in [0, 0.1) is 5.82 Å². The average molecular weight is 244 g/mol. The summed E-state index contributed by atoms with van der Waals surface area (Å²) >= 11 is 0. The fraction of sp³-hybridized carbons (Fsp3) is 0.267. The van der Waals surface area contributed by atoms with Gasteiger partial charge in [0.1, 0.15) is 5.82 Å². The summed E-state index contributed by atoms with van der Waals surface area (Å²) in [6.45, 7) is 2.95. The molecule has 1 N–H and O–H groups in total. The smallest absolute Gasteiger partial charge is 0.123 e. The molecule has 0 saturated heterocycles. The Bertz CT molecular complexity index is 468. The summed E-state index contributed by atoms with van der Waals surface area (Å²) in [6, 6.07) is 11.0. The van der Waals surface area contributed by atoms with E-state index in [2.05, 4.69) is 17.2 Å². The lowest BCUT2D eigenvalue weighted by molar-refractivity contribution is 0.544. The van der Waals surface area contributed by atoms with Crippen molar-refractivity contribution < 1.29 is 4.39 Å². The first-order valence-corrected chi connectivity index (χ1v) is 6.11. The van der Waals surface area contributed by atoms with Gasteiger partial charge in [0.2, 0.25) is 0 Å². The maximum Gasteiger partial charge on any atom is 0.123 e. The normalized spacial score (nSPS) is 12.3. The third-order valence-electron chi connectivity index (χ3n) is 2.86. The molecular formula is C15H17FN2. The predicted octanol–water partition coefficient (Wildman–Crippen LogP) is 2.94. The highest BCUT2D eigenvalue weighted by molar-refractivity contribution is 5.17. The third-order valence-corrected chi connectivity index (χ3v) is 2.86. The molecule has 1 aromatic carbocycles. The summed E-state index contributed by atoms with van der Waals surface area (Å²) in [5.74, 6) is -0.184. The van der Waals surface area contributed by atoms with Crippen molar-refractivity contribution in [3.05, 3.63) is 65.7 Å². The van der Waals surface area contributed by atoms with E-state index in [9.17, 15) is 4.39 Å². The minimum atomic E-state index is -0.184. The zero-order chi connectivity index (χ0) is 12.8. The first kappa shape index (κ1) is 12.7. The van der Waals surface area contributed by atoms with Crippen molar-refractivity contribution in [1.29, 1.82) is 0 Å². The molecule has 1 heterocycles. The Morgan fingerprint density at radius 1 is 1.06 bits per heavy atom. The number of nitrogens with zero attached hydrogens (tertiary/aromatic N) is 1. The SMILES string of the molecule is CC(Cc1ccc(F)cc1)NCc1ccncc1. The molecule has 0 fully saturated rings. The average Bonchev–Trinajstić information content (AvgIpc) is 2.40. The Labute approximate surface area is 107 Å². The molecule has 1 unspecified atom stereocenters. The number of nitrogens with one attached hydrogen (secondary N) is 1. The molecule has 0 saturated carbocycles. The molecule has 94 valence electrons. The van der Waals surface area contributed by atoms with Crippen molar-refractivity contribution in [2.75, 3.05) is 0 Å². The van der Waals surface area contributed by atoms with E-state index in [0.717, 1.165) is 18.5 Å². The molecule has 0 radical (unpaired) electrons. The van der Waals surface area contributed by atoms with Crippen molar-refractivity contribution in [3.8, 4) is 0 Å². The van der Waals surface area contributed by atoms with Crippen molar-refractivity contribution >= 4 is 0 Å². The first-order valence-electron chi connectivity index (χ1n) is 6.11. The second-order valence-electron chi connectivity index (χ2n) is 4.47. The van der Waals surface area contributed by atoms with Crippen LogP contribution in [-0.2, 0) is 13.0 Å². The molecule has 1 aromatic heterocycles. The Balaban J connectivity index is 1.82. The maximum atomic E-state index is 12.8. The van der Waals surface area contributed by atoms with Crippen molar-refractivity contribution in [2.24, 2.45) is 0 Å². The van der Waals surface area contributed by atoms with Gasteiger partial charge < -0.3 is 5.32 Å². The van der Waals surface area contributed by atoms with Gasteiger partial charge >= 0.3 is 0 Å². The lowest BCUT2D eigenvalue weighted by atomic mass is 10.1. The lowest BCUT2D eigenvalue weighted by Crippen LogP contribution is -2.27. The Morgan fingerprint density at radius 2 is 1.72 bits per heavy atom. The van der Waals surface area contributed by atoms with E-state index in [0.29, 0.717) is 6.04 Å². The van der Waals surface area contributed by atoms with E-state index in [1.54, 1.807) is 12.4 Å². The molecule has 0 aliphatic rings. The Kier molecular flexibility index (Phi) is 4.42. The highest BCUT2D eigenvalue weighted by atomic mass is 19.1. The topological polar surface area (TPSA) is 24.9 Å². The number of halogens is 1. The molecule has 1 atom stereocenters. The summed E-state index contributed by atoms with van der Waals surface area (Å²) in [7, 11) is 0. The van der Waals surface area contributed by atoms with Gasteiger partial charge in [-0.15, -0.1) is 0 Å². The standard InChI is InChI=1S/C15H17FN2/c1-12(10-13-2-4-15(16)5-3-13)18-11-14-6-8-17-9-7-14/h2-9,12,18H,10-11H2,1H3. The fourth-order valence-corrected chi connectivity index (χ4v) is 1.84. The van der Waals surface area contributed by atoms with E-state index < -0.39 is 0 Å². The van der Waals surface area contributed by atoms with E-state index in [1.807, 2.05) is 24.3 Å². The second kappa shape index (κ2) is 6.26. The zero-order valence-corrected chi connectivity index (χ0v) is 10.4. The van der Waals surface area contributed by atoms with Gasteiger partial charge in [-0.1, -0.05) is 12.1 Å². The van der Waals surface area contributed by atoms with Crippen LogP contribution in [0.25, 0.3) is 0 Å². The third kappa shape index (κ3) is 3.93. The zero-order valence-electron chi connectivity index (χ0n) is 10.4. The van der Waals surface area contributed by atoms with Crippen LogP contribution in [-0.4, -0.2) is 11.0 Å². The number of hydrogen-bond donors (Lipinski definition) is 1. The molecule has 2 nitrogen and oxygen atoms in total. The van der Waals surface area contributed by atoms with Crippen LogP contribution in [0.3, 0.4) is 0 Å². The largest absolute Gasteiger partial charge is 0.310 e.